The lowest BCUT2D eigenvalue weighted by Crippen LogP contribution is -2.13. The van der Waals surface area contributed by atoms with E-state index in [9.17, 15) is 18.0 Å². The van der Waals surface area contributed by atoms with Crippen LogP contribution in [0.25, 0.3) is 6.08 Å². The average molecular weight is 423 g/mol. The maximum atomic E-state index is 13.1. The molecule has 0 aliphatic rings. The third-order valence-electron chi connectivity index (χ3n) is 4.51. The Kier molecular flexibility index (Phi) is 6.55. The van der Waals surface area contributed by atoms with Crippen LogP contribution in [0, 0.1) is 12.3 Å². The molecule has 0 radical (unpaired) electrons. The second-order valence-electron chi connectivity index (χ2n) is 6.80. The largest absolute Gasteiger partial charge is 0.416 e. The number of carbonyl (C=O) groups is 1. The fraction of sp³-hybridized carbons (Fsp3) is 0.0833. The van der Waals surface area contributed by atoms with Gasteiger partial charge in [0.25, 0.3) is 0 Å². The molecule has 4 nitrogen and oxygen atoms in total. The molecule has 31 heavy (non-hydrogen) atoms. The number of hydrogen-bond acceptors (Lipinski definition) is 2. The van der Waals surface area contributed by atoms with E-state index in [0.29, 0.717) is 16.9 Å². The lowest BCUT2D eigenvalue weighted by atomic mass is 10.1. The summed E-state index contributed by atoms with van der Waals surface area (Å²) >= 11 is 0. The van der Waals surface area contributed by atoms with Gasteiger partial charge in [-0.25, -0.2) is 0 Å². The van der Waals surface area contributed by atoms with Gasteiger partial charge in [0.2, 0.25) is 5.91 Å². The maximum Gasteiger partial charge on any atom is 0.416 e. The van der Waals surface area contributed by atoms with Gasteiger partial charge in [0.15, 0.2) is 0 Å². The molecule has 0 saturated carbocycles. The minimum absolute atomic E-state index is 0.0893. The number of hydrogen-bond donors (Lipinski definition) is 3. The molecule has 3 N–H and O–H groups in total. The van der Waals surface area contributed by atoms with Crippen LogP contribution >= 0.6 is 0 Å². The standard InChI is InChI=1S/C24H20F3N3O/c1-16-11-13-19(29-23(28)18-8-3-2-4-9-18)15-21(16)30-22(31)14-12-17-7-5-6-10-20(17)24(25,26)27/h2-15H,1H3,(H2,28,29)(H,30,31)/b14-12+. The van der Waals surface area contributed by atoms with Gasteiger partial charge in [-0.15, -0.1) is 0 Å². The van der Waals surface area contributed by atoms with Crippen LogP contribution in [0.5, 0.6) is 0 Å². The van der Waals surface area contributed by atoms with Crippen molar-refractivity contribution in [2.75, 3.05) is 10.6 Å². The van der Waals surface area contributed by atoms with Crippen LogP contribution in [0.2, 0.25) is 0 Å². The summed E-state index contributed by atoms with van der Waals surface area (Å²) in [6.07, 6.45) is -2.30. The predicted octanol–water partition coefficient (Wildman–Crippen LogP) is 6.10. The molecular weight excluding hydrogens is 403 g/mol. The molecule has 0 aliphatic carbocycles. The molecule has 0 unspecified atom stereocenters. The molecule has 7 heteroatoms. The number of alkyl halides is 3. The molecular formula is C24H20F3N3O. The molecule has 3 aromatic rings. The fourth-order valence-electron chi connectivity index (χ4n) is 2.90. The van der Waals surface area contributed by atoms with Gasteiger partial charge in [0.05, 0.1) is 5.56 Å². The van der Waals surface area contributed by atoms with E-state index in [1.165, 1.54) is 18.2 Å². The summed E-state index contributed by atoms with van der Waals surface area (Å²) in [7, 11) is 0. The smallest absolute Gasteiger partial charge is 0.340 e. The zero-order chi connectivity index (χ0) is 22.4. The van der Waals surface area contributed by atoms with Crippen LogP contribution in [0.1, 0.15) is 22.3 Å². The van der Waals surface area contributed by atoms with Crippen LogP contribution in [0.15, 0.2) is 78.9 Å². The van der Waals surface area contributed by atoms with Gasteiger partial charge in [0, 0.05) is 23.0 Å². The minimum Gasteiger partial charge on any atom is -0.340 e. The van der Waals surface area contributed by atoms with Crippen molar-refractivity contribution >= 4 is 29.2 Å². The van der Waals surface area contributed by atoms with E-state index < -0.39 is 17.6 Å². The third-order valence-corrected chi connectivity index (χ3v) is 4.51. The summed E-state index contributed by atoms with van der Waals surface area (Å²) < 4.78 is 39.3. The van der Waals surface area contributed by atoms with Crippen LogP contribution in [-0.4, -0.2) is 11.7 Å². The van der Waals surface area contributed by atoms with Gasteiger partial charge in [-0.1, -0.05) is 54.6 Å². The van der Waals surface area contributed by atoms with E-state index in [1.54, 1.807) is 37.3 Å². The summed E-state index contributed by atoms with van der Waals surface area (Å²) in [5.41, 5.74) is 1.68. The lowest BCUT2D eigenvalue weighted by Gasteiger charge is -2.12. The molecule has 0 fully saturated rings. The molecule has 0 bridgehead atoms. The normalized spacial score (nSPS) is 11.4. The number of anilines is 2. The topological polar surface area (TPSA) is 65.0 Å². The van der Waals surface area contributed by atoms with Crippen molar-refractivity contribution in [1.29, 1.82) is 5.41 Å². The van der Waals surface area contributed by atoms with E-state index in [1.807, 2.05) is 18.2 Å². The van der Waals surface area contributed by atoms with Gasteiger partial charge in [-0.05, 0) is 42.3 Å². The molecule has 1 amide bonds. The SMILES string of the molecule is Cc1ccc(NC(=N)c2ccccc2)cc1NC(=O)/C=C/c1ccccc1C(F)(F)F. The first-order valence-corrected chi connectivity index (χ1v) is 9.41. The molecule has 0 spiro atoms. The molecule has 158 valence electrons. The van der Waals surface area contributed by atoms with Crippen molar-refractivity contribution in [2.24, 2.45) is 0 Å². The van der Waals surface area contributed by atoms with E-state index in [4.69, 9.17) is 5.41 Å². The van der Waals surface area contributed by atoms with Crippen molar-refractivity contribution in [3.05, 3.63) is 101 Å². The van der Waals surface area contributed by atoms with Crippen molar-refractivity contribution in [3.8, 4) is 0 Å². The molecule has 3 rings (SSSR count). The van der Waals surface area contributed by atoms with Gasteiger partial charge in [-0.2, -0.15) is 13.2 Å². The van der Waals surface area contributed by atoms with Crippen LogP contribution in [0.3, 0.4) is 0 Å². The van der Waals surface area contributed by atoms with Crippen molar-refractivity contribution in [3.63, 3.8) is 0 Å². The highest BCUT2D eigenvalue weighted by Gasteiger charge is 2.32. The molecule has 0 heterocycles. The lowest BCUT2D eigenvalue weighted by molar-refractivity contribution is -0.137. The van der Waals surface area contributed by atoms with Gasteiger partial charge >= 0.3 is 6.18 Å². The number of amidine groups is 1. The first-order chi connectivity index (χ1) is 14.7. The number of halogens is 3. The summed E-state index contributed by atoms with van der Waals surface area (Å²) in [6, 6.07) is 19.4. The van der Waals surface area contributed by atoms with Crippen molar-refractivity contribution in [2.45, 2.75) is 13.1 Å². The molecule has 0 aromatic heterocycles. The van der Waals surface area contributed by atoms with Gasteiger partial charge in [0.1, 0.15) is 5.84 Å². The highest BCUT2D eigenvalue weighted by atomic mass is 19.4. The highest BCUT2D eigenvalue weighted by Crippen LogP contribution is 2.32. The van der Waals surface area contributed by atoms with Crippen molar-refractivity contribution in [1.82, 2.24) is 0 Å². The first-order valence-electron chi connectivity index (χ1n) is 9.41. The van der Waals surface area contributed by atoms with E-state index in [2.05, 4.69) is 10.6 Å². The third kappa shape index (κ3) is 5.82. The Morgan fingerprint density at radius 1 is 0.935 bits per heavy atom. The predicted molar refractivity (Wildman–Crippen MR) is 117 cm³/mol. The average Bonchev–Trinajstić information content (AvgIpc) is 2.75. The zero-order valence-corrected chi connectivity index (χ0v) is 16.6. The Labute approximate surface area is 177 Å². The van der Waals surface area contributed by atoms with Crippen LogP contribution in [0.4, 0.5) is 24.5 Å². The molecule has 0 saturated heterocycles. The van der Waals surface area contributed by atoms with E-state index >= 15 is 0 Å². The summed E-state index contributed by atoms with van der Waals surface area (Å²) in [6.45, 7) is 1.80. The summed E-state index contributed by atoms with van der Waals surface area (Å²) in [5.74, 6) is -0.360. The van der Waals surface area contributed by atoms with Gasteiger partial charge < -0.3 is 10.6 Å². The Bertz CT molecular complexity index is 1120. The summed E-state index contributed by atoms with van der Waals surface area (Å²) in [4.78, 5) is 12.3. The number of benzene rings is 3. The second kappa shape index (κ2) is 9.30. The fourth-order valence-corrected chi connectivity index (χ4v) is 2.90. The Morgan fingerprint density at radius 2 is 1.61 bits per heavy atom. The van der Waals surface area contributed by atoms with Crippen LogP contribution < -0.4 is 10.6 Å². The van der Waals surface area contributed by atoms with Crippen molar-refractivity contribution < 1.29 is 18.0 Å². The van der Waals surface area contributed by atoms with Gasteiger partial charge in [-0.3, -0.25) is 10.2 Å². The van der Waals surface area contributed by atoms with E-state index in [0.717, 1.165) is 23.8 Å². The highest BCUT2D eigenvalue weighted by molar-refractivity contribution is 6.07. The van der Waals surface area contributed by atoms with E-state index in [-0.39, 0.29) is 11.4 Å². The Morgan fingerprint density at radius 3 is 2.32 bits per heavy atom. The maximum absolute atomic E-state index is 13.1. The zero-order valence-electron chi connectivity index (χ0n) is 16.6. The van der Waals surface area contributed by atoms with Crippen LogP contribution in [-0.2, 0) is 11.0 Å². The molecule has 0 atom stereocenters. The summed E-state index contributed by atoms with van der Waals surface area (Å²) in [5, 5.41) is 13.8. The number of aryl methyl sites for hydroxylation is 1. The Hall–Kier alpha value is -3.87. The monoisotopic (exact) mass is 423 g/mol. The minimum atomic E-state index is -4.50. The number of nitrogens with one attached hydrogen (secondary N) is 3. The number of amides is 1. The quantitative estimate of drug-likeness (QED) is 0.264. The second-order valence-corrected chi connectivity index (χ2v) is 6.80. The molecule has 0 aliphatic heterocycles. The number of carbonyl (C=O) groups excluding carboxylic acids is 1. The molecule has 3 aromatic carbocycles. The first kappa shape index (κ1) is 21.8. The Balaban J connectivity index is 1.73. The number of rotatable bonds is 5.